The molecule has 0 spiro atoms. The topological polar surface area (TPSA) is 110 Å². The van der Waals surface area contributed by atoms with Gasteiger partial charge in [-0.2, -0.15) is 0 Å². The zero-order valence-corrected chi connectivity index (χ0v) is 26.9. The molecule has 7 heteroatoms. The summed E-state index contributed by atoms with van der Waals surface area (Å²) in [5.41, 5.74) is 0. The van der Waals surface area contributed by atoms with Crippen molar-refractivity contribution in [2.75, 3.05) is 0 Å². The van der Waals surface area contributed by atoms with Gasteiger partial charge in [0.15, 0.2) is 0 Å². The van der Waals surface area contributed by atoms with Gasteiger partial charge >= 0.3 is 5.97 Å². The van der Waals surface area contributed by atoms with Gasteiger partial charge in [-0.15, -0.1) is 0 Å². The Labute approximate surface area is 255 Å². The minimum absolute atomic E-state index is 0.0241. The summed E-state index contributed by atoms with van der Waals surface area (Å²) >= 11 is 0. The van der Waals surface area contributed by atoms with Crippen molar-refractivity contribution < 1.29 is 34.1 Å². The minimum atomic E-state index is -0.533. The standard InChI is InChI=1S/C35H62O7/c1-3-4-5-6-7-8-9-10-11-15-21-31(38)33-23-24-34(42-33)32(39)22-17-16-19-29(37)18-13-12-14-20-30-26-28(25-27(2)36)35(40)41-30/h28,30-34,38-39H,3-26H2,1-2H3/t28-,30-,31+,32-,33-,34+/m1/s1. The Balaban J connectivity index is 1.42. The maximum Gasteiger partial charge on any atom is 0.309 e. The highest BCUT2D eigenvalue weighted by Gasteiger charge is 2.35. The molecule has 0 bridgehead atoms. The van der Waals surface area contributed by atoms with Crippen LogP contribution in [0.15, 0.2) is 0 Å². The number of carbonyl (C=O) groups excluding carboxylic acids is 3. The average molecular weight is 595 g/mol. The van der Waals surface area contributed by atoms with Crippen LogP contribution in [0.2, 0.25) is 0 Å². The van der Waals surface area contributed by atoms with E-state index in [1.807, 2.05) is 0 Å². The molecule has 0 aromatic rings. The summed E-state index contributed by atoms with van der Waals surface area (Å²) in [5, 5.41) is 21.2. The molecule has 6 atom stereocenters. The van der Waals surface area contributed by atoms with E-state index in [0.717, 1.165) is 64.2 Å². The molecule has 0 aromatic carbocycles. The lowest BCUT2D eigenvalue weighted by atomic mass is 9.96. The highest BCUT2D eigenvalue weighted by Crippen LogP contribution is 2.29. The normalized spacial score (nSPS) is 23.7. The monoisotopic (exact) mass is 594 g/mol. The van der Waals surface area contributed by atoms with Gasteiger partial charge in [-0.25, -0.2) is 0 Å². The number of cyclic esters (lactones) is 1. The molecule has 0 amide bonds. The van der Waals surface area contributed by atoms with Crippen LogP contribution in [0.3, 0.4) is 0 Å². The van der Waals surface area contributed by atoms with Crippen LogP contribution in [-0.2, 0) is 23.9 Å². The summed E-state index contributed by atoms with van der Waals surface area (Å²) in [7, 11) is 0. The number of Topliss-reactive ketones (excluding diaryl/α,β-unsaturated/α-hetero) is 2. The molecule has 2 saturated heterocycles. The summed E-state index contributed by atoms with van der Waals surface area (Å²) < 4.78 is 11.4. The Hall–Kier alpha value is -1.31. The lowest BCUT2D eigenvalue weighted by molar-refractivity contribution is -0.145. The second-order valence-corrected chi connectivity index (χ2v) is 13.2. The first kappa shape index (κ1) is 36.9. The Morgan fingerprint density at radius 2 is 1.26 bits per heavy atom. The SMILES string of the molecule is CCCCCCCCCCCC[C@H](O)[C@H]1CC[C@@H]([C@H](O)CCCCC(=O)CCCCC[C@@H]2C[C@@H](CC(C)=O)C(=O)O2)O1. The highest BCUT2D eigenvalue weighted by molar-refractivity contribution is 5.83. The van der Waals surface area contributed by atoms with E-state index in [1.54, 1.807) is 0 Å². The Morgan fingerprint density at radius 1 is 0.762 bits per heavy atom. The first-order chi connectivity index (χ1) is 20.3. The third-order valence-corrected chi connectivity index (χ3v) is 9.18. The van der Waals surface area contributed by atoms with Gasteiger partial charge in [0.25, 0.3) is 0 Å². The van der Waals surface area contributed by atoms with Crippen molar-refractivity contribution >= 4 is 17.5 Å². The maximum absolute atomic E-state index is 12.3. The second kappa shape index (κ2) is 22.2. The number of carbonyl (C=O) groups is 3. The first-order valence-electron chi connectivity index (χ1n) is 17.5. The minimum Gasteiger partial charge on any atom is -0.462 e. The van der Waals surface area contributed by atoms with Crippen LogP contribution in [0.25, 0.3) is 0 Å². The summed E-state index contributed by atoms with van der Waals surface area (Å²) in [6.45, 7) is 3.76. The molecule has 244 valence electrons. The van der Waals surface area contributed by atoms with E-state index in [-0.39, 0.29) is 48.2 Å². The van der Waals surface area contributed by atoms with Crippen LogP contribution in [0.5, 0.6) is 0 Å². The first-order valence-corrected chi connectivity index (χ1v) is 17.5. The molecule has 2 aliphatic rings. The molecule has 42 heavy (non-hydrogen) atoms. The van der Waals surface area contributed by atoms with Crippen molar-refractivity contribution in [2.45, 2.75) is 198 Å². The molecule has 0 saturated carbocycles. The van der Waals surface area contributed by atoms with Gasteiger partial charge in [0.2, 0.25) is 0 Å². The van der Waals surface area contributed by atoms with Crippen molar-refractivity contribution in [3.63, 3.8) is 0 Å². The predicted octanol–water partition coefficient (Wildman–Crippen LogP) is 7.56. The fourth-order valence-electron chi connectivity index (χ4n) is 6.55. The van der Waals surface area contributed by atoms with Crippen LogP contribution in [0, 0.1) is 5.92 Å². The van der Waals surface area contributed by atoms with E-state index in [4.69, 9.17) is 9.47 Å². The van der Waals surface area contributed by atoms with Gasteiger partial charge in [-0.1, -0.05) is 84.0 Å². The molecule has 2 aliphatic heterocycles. The number of unbranched alkanes of at least 4 members (excludes halogenated alkanes) is 12. The van der Waals surface area contributed by atoms with E-state index in [9.17, 15) is 24.6 Å². The van der Waals surface area contributed by atoms with Crippen molar-refractivity contribution in [1.82, 2.24) is 0 Å². The fourth-order valence-corrected chi connectivity index (χ4v) is 6.55. The van der Waals surface area contributed by atoms with E-state index < -0.39 is 12.2 Å². The lowest BCUT2D eigenvalue weighted by Gasteiger charge is -2.22. The number of aliphatic hydroxyl groups is 2. The zero-order valence-electron chi connectivity index (χ0n) is 26.9. The van der Waals surface area contributed by atoms with Crippen molar-refractivity contribution in [1.29, 1.82) is 0 Å². The van der Waals surface area contributed by atoms with Crippen LogP contribution < -0.4 is 0 Å². The number of rotatable bonds is 26. The van der Waals surface area contributed by atoms with Gasteiger partial charge < -0.3 is 24.5 Å². The smallest absolute Gasteiger partial charge is 0.309 e. The molecule has 2 fully saturated rings. The van der Waals surface area contributed by atoms with Crippen LogP contribution in [0.1, 0.15) is 168 Å². The number of ketones is 2. The quantitative estimate of drug-likeness (QED) is 0.0785. The molecule has 0 radical (unpaired) electrons. The van der Waals surface area contributed by atoms with E-state index >= 15 is 0 Å². The molecule has 2 N–H and O–H groups in total. The summed E-state index contributed by atoms with van der Waals surface area (Å²) in [6, 6.07) is 0. The van der Waals surface area contributed by atoms with Crippen LogP contribution >= 0.6 is 0 Å². The van der Waals surface area contributed by atoms with E-state index in [2.05, 4.69) is 6.92 Å². The van der Waals surface area contributed by atoms with Gasteiger partial charge in [0.05, 0.1) is 30.3 Å². The number of hydrogen-bond donors (Lipinski definition) is 2. The van der Waals surface area contributed by atoms with Crippen LogP contribution in [0.4, 0.5) is 0 Å². The Bertz CT molecular complexity index is 754. The van der Waals surface area contributed by atoms with Crippen molar-refractivity contribution in [3.05, 3.63) is 0 Å². The van der Waals surface area contributed by atoms with Crippen molar-refractivity contribution in [2.24, 2.45) is 5.92 Å². The van der Waals surface area contributed by atoms with Crippen LogP contribution in [-0.4, -0.2) is 58.3 Å². The highest BCUT2D eigenvalue weighted by atomic mass is 16.6. The number of hydrogen-bond acceptors (Lipinski definition) is 7. The van der Waals surface area contributed by atoms with Crippen molar-refractivity contribution in [3.8, 4) is 0 Å². The summed E-state index contributed by atoms with van der Waals surface area (Å²) in [6.07, 6.45) is 21.5. The number of esters is 1. The summed E-state index contributed by atoms with van der Waals surface area (Å²) in [4.78, 5) is 35.3. The fraction of sp³-hybridized carbons (Fsp3) is 0.914. The second-order valence-electron chi connectivity index (χ2n) is 13.2. The molecule has 2 rings (SSSR count). The lowest BCUT2D eigenvalue weighted by Crippen LogP contribution is -2.31. The molecular weight excluding hydrogens is 532 g/mol. The Morgan fingerprint density at radius 3 is 1.83 bits per heavy atom. The van der Waals surface area contributed by atoms with Gasteiger partial charge in [0.1, 0.15) is 17.7 Å². The van der Waals surface area contributed by atoms with E-state index in [1.165, 1.54) is 64.7 Å². The summed E-state index contributed by atoms with van der Waals surface area (Å²) in [5.74, 6) is -0.228. The Kier molecular flexibility index (Phi) is 19.5. The van der Waals surface area contributed by atoms with Gasteiger partial charge in [-0.3, -0.25) is 9.59 Å². The van der Waals surface area contributed by atoms with E-state index in [0.29, 0.717) is 25.7 Å². The zero-order chi connectivity index (χ0) is 30.6. The molecule has 0 aliphatic carbocycles. The van der Waals surface area contributed by atoms with Gasteiger partial charge in [-0.05, 0) is 64.7 Å². The molecule has 0 aromatic heterocycles. The molecule has 0 unspecified atom stereocenters. The molecular formula is C35H62O7. The predicted molar refractivity (Wildman–Crippen MR) is 166 cm³/mol. The third-order valence-electron chi connectivity index (χ3n) is 9.18. The average Bonchev–Trinajstić information content (AvgIpc) is 3.58. The third kappa shape index (κ3) is 16.0. The number of aliphatic hydroxyl groups excluding tert-OH is 2. The number of ether oxygens (including phenoxy) is 2. The molecule has 7 nitrogen and oxygen atoms in total. The largest absolute Gasteiger partial charge is 0.462 e. The maximum atomic E-state index is 12.3. The van der Waals surface area contributed by atoms with Gasteiger partial charge in [0, 0.05) is 19.3 Å². The molecule has 2 heterocycles.